The Morgan fingerprint density at radius 1 is 0.941 bits per heavy atom. The molecule has 0 heterocycles. The first-order chi connectivity index (χ1) is 7.59. The van der Waals surface area contributed by atoms with Crippen molar-refractivity contribution in [2.75, 3.05) is 0 Å². The normalized spacial score (nSPS) is 31.6. The Morgan fingerprint density at radius 2 is 1.53 bits per heavy atom. The Bertz CT molecular complexity index is 225. The van der Waals surface area contributed by atoms with Gasteiger partial charge in [-0.25, -0.2) is 0 Å². The van der Waals surface area contributed by atoms with Gasteiger partial charge in [-0.05, 0) is 60.7 Å². The second-order valence-corrected chi connectivity index (χ2v) is 8.71. The molecule has 1 rings (SSSR count). The smallest absolute Gasteiger partial charge is 0.0354 e. The van der Waals surface area contributed by atoms with Gasteiger partial charge in [0.05, 0.1) is 0 Å². The fourth-order valence-corrected chi connectivity index (χ4v) is 3.29. The first-order valence-corrected chi connectivity index (χ1v) is 7.59. The van der Waals surface area contributed by atoms with Crippen molar-refractivity contribution in [3.05, 3.63) is 0 Å². The highest BCUT2D eigenvalue weighted by Gasteiger charge is 2.33. The van der Waals surface area contributed by atoms with Crippen LogP contribution in [0.1, 0.15) is 80.6 Å². The van der Waals surface area contributed by atoms with E-state index < -0.39 is 0 Å². The largest absolute Gasteiger partial charge is 0.0622 e. The molecule has 3 atom stereocenters. The highest BCUT2D eigenvalue weighted by molar-refractivity contribution is 4.84. The highest BCUT2D eigenvalue weighted by atomic mass is 14.4. The van der Waals surface area contributed by atoms with E-state index in [9.17, 15) is 0 Å². The van der Waals surface area contributed by atoms with E-state index in [2.05, 4.69) is 48.5 Å². The average Bonchev–Trinajstić information content (AvgIpc) is 2.12. The summed E-state index contributed by atoms with van der Waals surface area (Å²) in [5.41, 5.74) is 1.03. The molecule has 0 nitrogen and oxygen atoms in total. The van der Waals surface area contributed by atoms with Crippen molar-refractivity contribution in [3.8, 4) is 0 Å². The lowest BCUT2D eigenvalue weighted by atomic mass is 9.64. The molecule has 0 N–H and O–H groups in total. The number of hydrogen-bond acceptors (Lipinski definition) is 0. The summed E-state index contributed by atoms with van der Waals surface area (Å²) < 4.78 is 0. The van der Waals surface area contributed by atoms with Crippen LogP contribution >= 0.6 is 0 Å². The maximum atomic E-state index is 2.49. The summed E-state index contributed by atoms with van der Waals surface area (Å²) >= 11 is 0. The van der Waals surface area contributed by atoms with Gasteiger partial charge < -0.3 is 0 Å². The molecule has 1 aliphatic carbocycles. The molecule has 0 bridgehead atoms. The predicted molar refractivity (Wildman–Crippen MR) is 78.1 cm³/mol. The summed E-state index contributed by atoms with van der Waals surface area (Å²) in [6.45, 7) is 16.9. The Labute approximate surface area is 110 Å². The van der Waals surface area contributed by atoms with Crippen LogP contribution in [-0.4, -0.2) is 0 Å². The first-order valence-electron chi connectivity index (χ1n) is 7.59. The van der Waals surface area contributed by atoms with E-state index in [1.165, 1.54) is 32.1 Å². The lowest BCUT2D eigenvalue weighted by molar-refractivity contribution is 0.0962. The molecule has 0 aromatic rings. The van der Waals surface area contributed by atoms with Gasteiger partial charge >= 0.3 is 0 Å². The molecular weight excluding hydrogens is 204 g/mol. The van der Waals surface area contributed by atoms with Crippen molar-refractivity contribution in [3.63, 3.8) is 0 Å². The average molecular weight is 238 g/mol. The van der Waals surface area contributed by atoms with Gasteiger partial charge in [0.15, 0.2) is 0 Å². The SMILES string of the molecule is CC1CC(C(C)(C)C)CCC1CCC(C)(C)C. The Hall–Kier alpha value is 0. The third kappa shape index (κ3) is 5.02. The molecule has 0 amide bonds. The molecule has 0 radical (unpaired) electrons. The van der Waals surface area contributed by atoms with Gasteiger partial charge in [-0.3, -0.25) is 0 Å². The summed E-state index contributed by atoms with van der Waals surface area (Å²) in [6.07, 6.45) is 7.23. The number of hydrogen-bond donors (Lipinski definition) is 0. The molecular formula is C17H34. The van der Waals surface area contributed by atoms with Crippen LogP contribution in [0.2, 0.25) is 0 Å². The quantitative estimate of drug-likeness (QED) is 0.561. The van der Waals surface area contributed by atoms with Crippen molar-refractivity contribution < 1.29 is 0 Å². The Balaban J connectivity index is 2.43. The fraction of sp³-hybridized carbons (Fsp3) is 1.00. The zero-order valence-corrected chi connectivity index (χ0v) is 13.3. The maximum absolute atomic E-state index is 2.49. The minimum Gasteiger partial charge on any atom is -0.0622 e. The molecule has 0 aliphatic heterocycles. The van der Waals surface area contributed by atoms with E-state index in [0.717, 1.165) is 17.8 Å². The molecule has 0 spiro atoms. The molecule has 1 saturated carbocycles. The third-order valence-corrected chi connectivity index (χ3v) is 4.84. The molecule has 3 unspecified atom stereocenters. The predicted octanol–water partition coefficient (Wildman–Crippen LogP) is 5.91. The molecule has 102 valence electrons. The van der Waals surface area contributed by atoms with Gasteiger partial charge in [0.1, 0.15) is 0 Å². The van der Waals surface area contributed by atoms with Crippen LogP contribution in [0.25, 0.3) is 0 Å². The van der Waals surface area contributed by atoms with Crippen molar-refractivity contribution >= 4 is 0 Å². The minimum atomic E-state index is 0.514. The summed E-state index contributed by atoms with van der Waals surface area (Å²) in [5, 5.41) is 0. The summed E-state index contributed by atoms with van der Waals surface area (Å²) in [6, 6.07) is 0. The lowest BCUT2D eigenvalue weighted by Crippen LogP contribution is -2.31. The zero-order valence-electron chi connectivity index (χ0n) is 13.3. The van der Waals surface area contributed by atoms with Crippen LogP contribution in [0.5, 0.6) is 0 Å². The van der Waals surface area contributed by atoms with E-state index in [1.807, 2.05) is 0 Å². The van der Waals surface area contributed by atoms with E-state index in [1.54, 1.807) is 0 Å². The van der Waals surface area contributed by atoms with Crippen LogP contribution in [0.4, 0.5) is 0 Å². The maximum Gasteiger partial charge on any atom is -0.0354 e. The molecule has 1 aliphatic rings. The molecule has 0 aromatic carbocycles. The van der Waals surface area contributed by atoms with Gasteiger partial charge in [-0.1, -0.05) is 48.5 Å². The standard InChI is InChI=1S/C17H34/c1-13-12-15(17(5,6)7)9-8-14(13)10-11-16(2,3)4/h13-15H,8-12H2,1-7H3. The van der Waals surface area contributed by atoms with Crippen molar-refractivity contribution in [2.45, 2.75) is 80.6 Å². The third-order valence-electron chi connectivity index (χ3n) is 4.84. The monoisotopic (exact) mass is 238 g/mol. The number of rotatable bonds is 2. The van der Waals surface area contributed by atoms with Crippen LogP contribution in [0.15, 0.2) is 0 Å². The molecule has 0 aromatic heterocycles. The second-order valence-electron chi connectivity index (χ2n) is 8.71. The van der Waals surface area contributed by atoms with E-state index in [0.29, 0.717) is 10.8 Å². The van der Waals surface area contributed by atoms with Gasteiger partial charge in [-0.2, -0.15) is 0 Å². The van der Waals surface area contributed by atoms with Crippen molar-refractivity contribution in [2.24, 2.45) is 28.6 Å². The van der Waals surface area contributed by atoms with E-state index >= 15 is 0 Å². The Kier molecular flexibility index (Phi) is 4.72. The van der Waals surface area contributed by atoms with Gasteiger partial charge in [0.2, 0.25) is 0 Å². The summed E-state index contributed by atoms with van der Waals surface area (Å²) in [4.78, 5) is 0. The summed E-state index contributed by atoms with van der Waals surface area (Å²) in [7, 11) is 0. The van der Waals surface area contributed by atoms with Crippen molar-refractivity contribution in [1.29, 1.82) is 0 Å². The Morgan fingerprint density at radius 3 is 1.94 bits per heavy atom. The fourth-order valence-electron chi connectivity index (χ4n) is 3.29. The van der Waals surface area contributed by atoms with Crippen LogP contribution in [0.3, 0.4) is 0 Å². The molecule has 1 fully saturated rings. The minimum absolute atomic E-state index is 0.514. The summed E-state index contributed by atoms with van der Waals surface area (Å²) in [5.74, 6) is 2.88. The molecule has 17 heavy (non-hydrogen) atoms. The topological polar surface area (TPSA) is 0 Å². The van der Waals surface area contributed by atoms with E-state index in [-0.39, 0.29) is 0 Å². The second kappa shape index (κ2) is 5.33. The van der Waals surface area contributed by atoms with Gasteiger partial charge in [0.25, 0.3) is 0 Å². The molecule has 0 saturated heterocycles. The van der Waals surface area contributed by atoms with Crippen LogP contribution in [0, 0.1) is 28.6 Å². The van der Waals surface area contributed by atoms with Gasteiger partial charge in [0, 0.05) is 0 Å². The van der Waals surface area contributed by atoms with Gasteiger partial charge in [-0.15, -0.1) is 0 Å². The first kappa shape index (κ1) is 15.1. The highest BCUT2D eigenvalue weighted by Crippen LogP contribution is 2.44. The van der Waals surface area contributed by atoms with Crippen LogP contribution in [-0.2, 0) is 0 Å². The van der Waals surface area contributed by atoms with E-state index in [4.69, 9.17) is 0 Å². The molecule has 0 heteroatoms. The van der Waals surface area contributed by atoms with Crippen LogP contribution < -0.4 is 0 Å². The zero-order chi connectivity index (χ0) is 13.3. The lowest BCUT2D eigenvalue weighted by Gasteiger charge is -2.41. The van der Waals surface area contributed by atoms with Crippen molar-refractivity contribution in [1.82, 2.24) is 0 Å².